The maximum atomic E-state index is 2.66. The van der Waals surface area contributed by atoms with Crippen molar-refractivity contribution >= 4 is 29.2 Å². The Morgan fingerprint density at radius 1 is 1.00 bits per heavy atom. The minimum Gasteiger partial charge on any atom is -0.260 e. The van der Waals surface area contributed by atoms with Crippen LogP contribution in [-0.2, 0) is 0 Å². The van der Waals surface area contributed by atoms with Gasteiger partial charge >= 0.3 is 0 Å². The van der Waals surface area contributed by atoms with E-state index in [4.69, 9.17) is 0 Å². The molecule has 0 aromatic rings. The lowest BCUT2D eigenvalue weighted by Gasteiger charge is -2.34. The third-order valence-electron chi connectivity index (χ3n) is 1.73. The maximum absolute atomic E-state index is 2.66. The number of hydrogen-bond acceptors (Lipinski definition) is 3. The van der Waals surface area contributed by atoms with E-state index in [2.05, 4.69) is 55.1 Å². The molecule has 1 fully saturated rings. The Balaban J connectivity index is 2.52. The van der Waals surface area contributed by atoms with E-state index in [1.54, 1.807) is 0 Å². The van der Waals surface area contributed by atoms with Gasteiger partial charge in [0, 0.05) is 23.6 Å². The lowest BCUT2D eigenvalue weighted by Crippen LogP contribution is -2.30. The summed E-state index contributed by atoms with van der Waals surface area (Å²) in [6, 6.07) is 1.41. The Labute approximate surface area is 85.3 Å². The molecule has 1 aliphatic rings. The van der Waals surface area contributed by atoms with E-state index in [0.29, 0.717) is 12.1 Å². The lowest BCUT2D eigenvalue weighted by molar-refractivity contribution is 0.331. The molecular formula is C8H18NPS2. The Hall–Kier alpha value is 1.09. The highest BCUT2D eigenvalue weighted by atomic mass is 33.1. The van der Waals surface area contributed by atoms with Gasteiger partial charge in [0.15, 0.2) is 0 Å². The van der Waals surface area contributed by atoms with Crippen LogP contribution in [0, 0.1) is 0 Å². The van der Waals surface area contributed by atoms with Crippen molar-refractivity contribution < 1.29 is 0 Å². The van der Waals surface area contributed by atoms with Crippen LogP contribution in [0.25, 0.3) is 0 Å². The van der Waals surface area contributed by atoms with E-state index in [1.807, 2.05) is 0 Å². The molecule has 0 aromatic carbocycles. The molecule has 0 aromatic heterocycles. The largest absolute Gasteiger partial charge is 0.260 e. The van der Waals surface area contributed by atoms with Crippen LogP contribution in [0.1, 0.15) is 27.7 Å². The summed E-state index contributed by atoms with van der Waals surface area (Å²) in [5.41, 5.74) is 0. The monoisotopic (exact) mass is 223 g/mol. The molecule has 4 heteroatoms. The quantitative estimate of drug-likeness (QED) is 0.670. The Kier molecular flexibility index (Phi) is 4.74. The summed E-state index contributed by atoms with van der Waals surface area (Å²) < 4.78 is 2.66. The van der Waals surface area contributed by atoms with Gasteiger partial charge in [-0.25, -0.2) is 0 Å². The van der Waals surface area contributed by atoms with Crippen molar-refractivity contribution in [2.75, 3.05) is 11.5 Å². The van der Waals surface area contributed by atoms with Crippen molar-refractivity contribution in [3.8, 4) is 0 Å². The van der Waals surface area contributed by atoms with Gasteiger partial charge in [-0.05, 0) is 27.7 Å². The van der Waals surface area contributed by atoms with Crippen LogP contribution in [0.4, 0.5) is 0 Å². The summed E-state index contributed by atoms with van der Waals surface area (Å²) in [7, 11) is 0. The van der Waals surface area contributed by atoms with Crippen LogP contribution in [0.2, 0.25) is 0 Å². The topological polar surface area (TPSA) is 3.24 Å². The van der Waals surface area contributed by atoms with Crippen molar-refractivity contribution in [2.24, 2.45) is 0 Å². The molecular weight excluding hydrogens is 205 g/mol. The van der Waals surface area contributed by atoms with Gasteiger partial charge in [-0.2, -0.15) is 0 Å². The lowest BCUT2D eigenvalue weighted by atomic mass is 10.3. The third-order valence-corrected chi connectivity index (χ3v) is 9.96. The molecule has 0 saturated carbocycles. The predicted molar refractivity (Wildman–Crippen MR) is 63.9 cm³/mol. The van der Waals surface area contributed by atoms with Crippen molar-refractivity contribution in [2.45, 2.75) is 39.8 Å². The van der Waals surface area contributed by atoms with Crippen LogP contribution < -0.4 is 0 Å². The normalized spacial score (nSPS) is 20.2. The maximum Gasteiger partial charge on any atom is 0.0880 e. The first-order valence-corrected chi connectivity index (χ1v) is 8.94. The van der Waals surface area contributed by atoms with Gasteiger partial charge < -0.3 is 0 Å². The molecule has 0 aliphatic carbocycles. The molecule has 1 aliphatic heterocycles. The second-order valence-electron chi connectivity index (χ2n) is 3.47. The predicted octanol–water partition coefficient (Wildman–Crippen LogP) is 3.81. The fourth-order valence-electron chi connectivity index (χ4n) is 1.37. The van der Waals surface area contributed by atoms with Crippen LogP contribution in [0.5, 0.6) is 0 Å². The first kappa shape index (κ1) is 11.2. The van der Waals surface area contributed by atoms with E-state index < -0.39 is 0 Å². The van der Waals surface area contributed by atoms with Crippen LogP contribution in [0.15, 0.2) is 0 Å². The molecule has 0 spiro atoms. The highest BCUT2D eigenvalue weighted by Gasteiger charge is 2.27. The highest BCUT2D eigenvalue weighted by molar-refractivity contribution is 8.89. The van der Waals surface area contributed by atoms with E-state index in [9.17, 15) is 0 Å². The van der Waals surface area contributed by atoms with Gasteiger partial charge in [0.2, 0.25) is 0 Å². The van der Waals surface area contributed by atoms with Gasteiger partial charge in [-0.1, -0.05) is 0 Å². The van der Waals surface area contributed by atoms with Crippen molar-refractivity contribution in [3.63, 3.8) is 0 Å². The standard InChI is InChI=1S/C8H18NPS2/c1-7(2)9(8(3)4)10-11-5-6-12-10/h7-8H,5-6H2,1-4H3. The summed E-state index contributed by atoms with van der Waals surface area (Å²) in [5.74, 6) is 2.71. The number of hydrogen-bond donors (Lipinski definition) is 0. The van der Waals surface area contributed by atoms with Crippen LogP contribution in [-0.4, -0.2) is 28.3 Å². The molecule has 1 rings (SSSR count). The first-order valence-electron chi connectivity index (χ1n) is 4.47. The fraction of sp³-hybridized carbons (Fsp3) is 1.00. The molecule has 0 atom stereocenters. The highest BCUT2D eigenvalue weighted by Crippen LogP contribution is 2.69. The van der Waals surface area contributed by atoms with Gasteiger partial charge in [0.25, 0.3) is 0 Å². The average Bonchev–Trinajstić information content (AvgIpc) is 2.37. The van der Waals surface area contributed by atoms with Gasteiger partial charge in [0.05, 0.1) is 6.48 Å². The van der Waals surface area contributed by atoms with Gasteiger partial charge in [-0.3, -0.25) is 4.67 Å². The van der Waals surface area contributed by atoms with Crippen LogP contribution in [0.3, 0.4) is 0 Å². The zero-order valence-electron chi connectivity index (χ0n) is 8.28. The number of nitrogens with zero attached hydrogens (tertiary/aromatic N) is 1. The molecule has 1 saturated heterocycles. The summed E-state index contributed by atoms with van der Waals surface area (Å²) >= 11 is 4.32. The second kappa shape index (κ2) is 5.09. The van der Waals surface area contributed by atoms with Crippen molar-refractivity contribution in [1.82, 2.24) is 4.67 Å². The van der Waals surface area contributed by atoms with E-state index in [1.165, 1.54) is 11.5 Å². The van der Waals surface area contributed by atoms with Gasteiger partial charge in [0.1, 0.15) is 0 Å². The summed E-state index contributed by atoms with van der Waals surface area (Å²) in [6.45, 7) is 9.31. The molecule has 1 nitrogen and oxygen atoms in total. The SMILES string of the molecule is CC(C)N(C(C)C)P1SCCS1. The summed E-state index contributed by atoms with van der Waals surface area (Å²) in [6.07, 6.45) is 0. The molecule has 0 unspecified atom stereocenters. The minimum atomic E-state index is 0.0792. The first-order chi connectivity index (χ1) is 5.63. The summed E-state index contributed by atoms with van der Waals surface area (Å²) in [4.78, 5) is 0. The summed E-state index contributed by atoms with van der Waals surface area (Å²) in [5, 5.41) is 0. The molecule has 1 heterocycles. The third kappa shape index (κ3) is 2.80. The zero-order chi connectivity index (χ0) is 9.14. The van der Waals surface area contributed by atoms with Crippen molar-refractivity contribution in [3.05, 3.63) is 0 Å². The Bertz CT molecular complexity index is 127. The minimum absolute atomic E-state index is 0.0792. The smallest absolute Gasteiger partial charge is 0.0880 e. The molecule has 72 valence electrons. The Morgan fingerprint density at radius 3 is 1.75 bits per heavy atom. The van der Waals surface area contributed by atoms with E-state index >= 15 is 0 Å². The molecule has 0 amide bonds. The fourth-order valence-corrected chi connectivity index (χ4v) is 11.0. The van der Waals surface area contributed by atoms with Gasteiger partial charge in [-0.15, -0.1) is 22.8 Å². The molecule has 12 heavy (non-hydrogen) atoms. The van der Waals surface area contributed by atoms with E-state index in [-0.39, 0.29) is 6.48 Å². The van der Waals surface area contributed by atoms with E-state index in [0.717, 1.165) is 0 Å². The zero-order valence-corrected chi connectivity index (χ0v) is 10.8. The second-order valence-corrected chi connectivity index (χ2v) is 10.1. The van der Waals surface area contributed by atoms with Crippen LogP contribution >= 0.6 is 29.2 Å². The van der Waals surface area contributed by atoms with Crippen molar-refractivity contribution in [1.29, 1.82) is 0 Å². The molecule has 0 N–H and O–H groups in total. The average molecular weight is 223 g/mol. The Morgan fingerprint density at radius 2 is 1.42 bits per heavy atom. The molecule has 0 radical (unpaired) electrons. The number of rotatable bonds is 3. The molecule has 0 bridgehead atoms.